The molecule has 1 fully saturated rings. The van der Waals surface area contributed by atoms with Crippen molar-refractivity contribution in [2.24, 2.45) is 12.8 Å². The number of benzene rings is 2. The van der Waals surface area contributed by atoms with E-state index in [9.17, 15) is 19.2 Å². The average Bonchev–Trinajstić information content (AvgIpc) is 3.45. The molecule has 16 heteroatoms. The van der Waals surface area contributed by atoms with E-state index in [-0.39, 0.29) is 11.4 Å². The maximum atomic E-state index is 14.2. The number of primary amides is 1. The van der Waals surface area contributed by atoms with Crippen LogP contribution in [0.4, 0.5) is 0 Å². The first-order chi connectivity index (χ1) is 21.2. The number of aryl methyl sites for hydroxylation is 1. The van der Waals surface area contributed by atoms with Crippen molar-refractivity contribution >= 4 is 59.0 Å². The maximum absolute atomic E-state index is 14.2. The van der Waals surface area contributed by atoms with Crippen molar-refractivity contribution in [1.29, 1.82) is 0 Å². The largest absolute Gasteiger partial charge is 0.448 e. The first kappa shape index (κ1) is 31.6. The van der Waals surface area contributed by atoms with Gasteiger partial charge >= 0.3 is 5.97 Å². The van der Waals surface area contributed by atoms with Crippen LogP contribution < -0.4 is 11.1 Å². The van der Waals surface area contributed by atoms with Gasteiger partial charge in [0.1, 0.15) is 11.1 Å². The van der Waals surface area contributed by atoms with Gasteiger partial charge in [-0.15, -0.1) is 28.6 Å². The zero-order chi connectivity index (χ0) is 31.4. The standard InChI is InChI=1S/C28H29N7O6S3/c1-34-27(31-32-33-34)44-15-18-14-43-26-28(40-2,30-23(37)21(42-3)22(29)36)25(39)35(26)19(18)24(38)41-20(16-10-6-4-7-11-16)17-12-8-5-9-13-17/h4-13,20-21,26H,14-15H2,1-3H3,(H2,29,36)(H,30,37)/t21?,26-,28-/m0/s1. The first-order valence-corrected chi connectivity index (χ1v) is 16.6. The summed E-state index contributed by atoms with van der Waals surface area (Å²) in [6.07, 6.45) is 0.797. The third-order valence-corrected chi connectivity index (χ3v) is 10.4. The predicted octanol–water partition coefficient (Wildman–Crippen LogP) is 1.48. The summed E-state index contributed by atoms with van der Waals surface area (Å²) in [5, 5.41) is 12.6. The number of β-lactam (4-membered cyclic amide) rings is 1. The van der Waals surface area contributed by atoms with Crippen LogP contribution in [0.25, 0.3) is 0 Å². The second-order valence-electron chi connectivity index (χ2n) is 9.72. The minimum atomic E-state index is -1.82. The van der Waals surface area contributed by atoms with Crippen molar-refractivity contribution in [3.8, 4) is 0 Å². The van der Waals surface area contributed by atoms with E-state index in [2.05, 4.69) is 20.8 Å². The number of ether oxygens (including phenoxy) is 2. The highest BCUT2D eigenvalue weighted by atomic mass is 32.2. The van der Waals surface area contributed by atoms with Crippen molar-refractivity contribution in [3.05, 3.63) is 83.1 Å². The molecule has 3 N–H and O–H groups in total. The highest BCUT2D eigenvalue weighted by molar-refractivity contribution is 8.01. The first-order valence-electron chi connectivity index (χ1n) is 13.2. The van der Waals surface area contributed by atoms with E-state index in [0.717, 1.165) is 22.9 Å². The predicted molar refractivity (Wildman–Crippen MR) is 165 cm³/mol. The summed E-state index contributed by atoms with van der Waals surface area (Å²) < 4.78 is 13.3. The number of hydrogen-bond donors (Lipinski definition) is 2. The molecule has 2 aromatic carbocycles. The molecule has 5 rings (SSSR count). The van der Waals surface area contributed by atoms with E-state index in [4.69, 9.17) is 15.2 Å². The molecule has 3 atom stereocenters. The lowest BCUT2D eigenvalue weighted by Gasteiger charge is -2.56. The Bertz CT molecular complexity index is 1550. The van der Waals surface area contributed by atoms with Gasteiger partial charge in [-0.05, 0) is 33.4 Å². The van der Waals surface area contributed by atoms with Crippen LogP contribution in [0.15, 0.2) is 77.1 Å². The van der Waals surface area contributed by atoms with E-state index >= 15 is 0 Å². The maximum Gasteiger partial charge on any atom is 0.356 e. The van der Waals surface area contributed by atoms with Gasteiger partial charge in [-0.1, -0.05) is 72.4 Å². The minimum absolute atomic E-state index is 0.0523. The van der Waals surface area contributed by atoms with Gasteiger partial charge in [0.15, 0.2) is 11.4 Å². The molecule has 13 nitrogen and oxygen atoms in total. The number of fused-ring (bicyclic) bond motifs is 1. The number of hydrogen-bond acceptors (Lipinski definition) is 12. The Hall–Kier alpha value is -3.86. The number of nitrogens with one attached hydrogen (secondary N) is 1. The fourth-order valence-electron chi connectivity index (χ4n) is 4.89. The normalized spacial score (nSPS) is 20.1. The van der Waals surface area contributed by atoms with Gasteiger partial charge in [-0.25, -0.2) is 9.48 Å². The summed E-state index contributed by atoms with van der Waals surface area (Å²) in [6.45, 7) is 0. The Kier molecular flexibility index (Phi) is 9.62. The number of nitrogens with two attached hydrogens (primary N) is 1. The topological polar surface area (TPSA) is 172 Å². The molecule has 3 amide bonds. The van der Waals surface area contributed by atoms with E-state index in [1.165, 1.54) is 40.2 Å². The number of rotatable bonds is 12. The van der Waals surface area contributed by atoms with Crippen molar-refractivity contribution in [3.63, 3.8) is 0 Å². The third-order valence-electron chi connectivity index (χ3n) is 7.05. The van der Waals surface area contributed by atoms with E-state index in [1.807, 2.05) is 60.7 Å². The molecule has 1 aromatic heterocycles. The van der Waals surface area contributed by atoms with Crippen LogP contribution in [0.5, 0.6) is 0 Å². The van der Waals surface area contributed by atoms with Gasteiger partial charge in [0.2, 0.25) is 17.0 Å². The molecule has 0 spiro atoms. The number of thioether (sulfide) groups is 3. The molecule has 44 heavy (non-hydrogen) atoms. The quantitative estimate of drug-likeness (QED) is 0.0948. The number of esters is 1. The average molecular weight is 656 g/mol. The molecule has 230 valence electrons. The van der Waals surface area contributed by atoms with E-state index in [1.54, 1.807) is 13.3 Å². The molecule has 0 saturated carbocycles. The number of amides is 3. The zero-order valence-electron chi connectivity index (χ0n) is 23.9. The van der Waals surface area contributed by atoms with Crippen LogP contribution >= 0.6 is 35.3 Å². The van der Waals surface area contributed by atoms with Crippen LogP contribution in [0.1, 0.15) is 17.2 Å². The van der Waals surface area contributed by atoms with Crippen molar-refractivity contribution in [2.75, 3.05) is 24.9 Å². The Balaban J connectivity index is 1.50. The molecule has 0 radical (unpaired) electrons. The number of carbonyl (C=O) groups excluding carboxylic acids is 4. The third kappa shape index (κ3) is 5.94. The van der Waals surface area contributed by atoms with E-state index in [0.29, 0.717) is 16.5 Å². The SMILES string of the molecule is CO[C@@]1(NC(=O)C(SC)C(N)=O)C(=O)N2C(C(=O)OC(c3ccccc3)c3ccccc3)=C(CSc3nnnn3C)CS[C@H]21. The van der Waals surface area contributed by atoms with Crippen LogP contribution in [-0.2, 0) is 35.7 Å². The van der Waals surface area contributed by atoms with Gasteiger partial charge in [-0.3, -0.25) is 19.3 Å². The Morgan fingerprint density at radius 3 is 2.30 bits per heavy atom. The lowest BCUT2D eigenvalue weighted by molar-refractivity contribution is -0.193. The lowest BCUT2D eigenvalue weighted by atomic mass is 9.97. The van der Waals surface area contributed by atoms with Crippen molar-refractivity contribution < 1.29 is 28.7 Å². The Labute approximate surface area is 265 Å². The van der Waals surface area contributed by atoms with E-state index < -0.39 is 46.1 Å². The molecule has 3 aromatic rings. The van der Waals surface area contributed by atoms with Crippen LogP contribution in [0.3, 0.4) is 0 Å². The lowest BCUT2D eigenvalue weighted by Crippen LogP contribution is -2.81. The fourth-order valence-corrected chi connectivity index (χ4v) is 7.82. The van der Waals surface area contributed by atoms with Gasteiger partial charge in [0, 0.05) is 25.7 Å². The highest BCUT2D eigenvalue weighted by Gasteiger charge is 2.67. The Morgan fingerprint density at radius 2 is 1.77 bits per heavy atom. The number of carbonyl (C=O) groups is 4. The molecule has 0 aliphatic carbocycles. The zero-order valence-corrected chi connectivity index (χ0v) is 26.4. The highest BCUT2D eigenvalue weighted by Crippen LogP contribution is 2.48. The molecule has 3 heterocycles. The summed E-state index contributed by atoms with van der Waals surface area (Å²) in [5.74, 6) is -2.43. The summed E-state index contributed by atoms with van der Waals surface area (Å²) in [7, 11) is 2.98. The molecule has 2 aliphatic rings. The molecular formula is C28H29N7O6S3. The van der Waals surface area contributed by atoms with Gasteiger partial charge in [-0.2, -0.15) is 0 Å². The summed E-state index contributed by atoms with van der Waals surface area (Å²) >= 11 is 3.55. The smallest absolute Gasteiger partial charge is 0.356 e. The van der Waals surface area contributed by atoms with Gasteiger partial charge in [0.05, 0.1) is 0 Å². The monoisotopic (exact) mass is 655 g/mol. The second-order valence-corrected chi connectivity index (χ2v) is 12.7. The molecule has 0 bridgehead atoms. The fraction of sp³-hybridized carbons (Fsp3) is 0.321. The number of aromatic nitrogens is 4. The molecular weight excluding hydrogens is 627 g/mol. The van der Waals surface area contributed by atoms with Crippen molar-refractivity contribution in [2.45, 2.75) is 27.6 Å². The Morgan fingerprint density at radius 1 is 1.14 bits per heavy atom. The number of tetrazole rings is 1. The molecule has 1 saturated heterocycles. The minimum Gasteiger partial charge on any atom is -0.448 e. The van der Waals surface area contributed by atoms with Crippen molar-refractivity contribution in [1.82, 2.24) is 30.4 Å². The van der Waals surface area contributed by atoms with Crippen LogP contribution in [-0.4, -0.2) is 90.0 Å². The molecule has 1 unspecified atom stereocenters. The molecule has 2 aliphatic heterocycles. The summed E-state index contributed by atoms with van der Waals surface area (Å²) in [5.41, 5.74) is 5.74. The summed E-state index contributed by atoms with van der Waals surface area (Å²) in [6, 6.07) is 18.6. The number of nitrogens with zero attached hydrogens (tertiary/aromatic N) is 5. The second kappa shape index (κ2) is 13.4. The summed E-state index contributed by atoms with van der Waals surface area (Å²) in [4.78, 5) is 54.2. The van der Waals surface area contributed by atoms with Gasteiger partial charge < -0.3 is 20.5 Å². The van der Waals surface area contributed by atoms with Crippen LogP contribution in [0.2, 0.25) is 0 Å². The number of methoxy groups -OCH3 is 1. The van der Waals surface area contributed by atoms with Gasteiger partial charge in [0.25, 0.3) is 11.6 Å². The van der Waals surface area contributed by atoms with Crippen LogP contribution in [0, 0.1) is 0 Å².